The number of hydrogen-bond acceptors (Lipinski definition) is 8. The summed E-state index contributed by atoms with van der Waals surface area (Å²) in [7, 11) is -4.36. The largest absolute Gasteiger partial charge is 0.472 e. The van der Waals surface area contributed by atoms with Crippen LogP contribution in [0.2, 0.25) is 0 Å². The molecule has 0 aliphatic carbocycles. The second kappa shape index (κ2) is 36.0. The van der Waals surface area contributed by atoms with E-state index in [1.165, 1.54) is 64.2 Å². The van der Waals surface area contributed by atoms with Gasteiger partial charge in [-0.25, -0.2) is 4.57 Å². The van der Waals surface area contributed by atoms with Crippen LogP contribution in [0.25, 0.3) is 0 Å². The van der Waals surface area contributed by atoms with Gasteiger partial charge in [0, 0.05) is 19.4 Å². The molecule has 0 radical (unpaired) electrons. The summed E-state index contributed by atoms with van der Waals surface area (Å²) in [4.78, 5) is 34.4. The SMILES string of the molecule is CCCCCCC/C=C\C/C=C\C/C=C\CCCCCCCCCCC(=O)OC(COC(=O)CCCCCCC)COP(=O)(O)OCCN. The van der Waals surface area contributed by atoms with Crippen LogP contribution in [0, 0.1) is 0 Å². The maximum Gasteiger partial charge on any atom is 0.472 e. The van der Waals surface area contributed by atoms with Crippen LogP contribution in [0.15, 0.2) is 36.5 Å². The van der Waals surface area contributed by atoms with Crippen molar-refractivity contribution in [3.8, 4) is 0 Å². The van der Waals surface area contributed by atoms with Gasteiger partial charge in [0.1, 0.15) is 6.61 Å². The first kappa shape index (κ1) is 47.2. The zero-order valence-corrected chi connectivity index (χ0v) is 32.1. The molecule has 0 aromatic carbocycles. The van der Waals surface area contributed by atoms with Crippen molar-refractivity contribution < 1.29 is 37.6 Å². The Hall–Kier alpha value is -1.77. The number of esters is 2. The number of phosphoric acid groups is 1. The monoisotopic (exact) mass is 713 g/mol. The van der Waals surface area contributed by atoms with E-state index in [0.717, 1.165) is 70.6 Å². The molecule has 2 unspecified atom stereocenters. The van der Waals surface area contributed by atoms with Gasteiger partial charge in [0.05, 0.1) is 13.2 Å². The molecular weight excluding hydrogens is 641 g/mol. The number of unbranched alkanes of at least 4 members (excludes halogenated alkanes) is 17. The van der Waals surface area contributed by atoms with Crippen molar-refractivity contribution in [3.05, 3.63) is 36.5 Å². The van der Waals surface area contributed by atoms with E-state index in [9.17, 15) is 19.0 Å². The molecule has 0 rings (SSSR count). The molecule has 0 spiro atoms. The third kappa shape index (κ3) is 35.8. The average molecular weight is 714 g/mol. The van der Waals surface area contributed by atoms with Crippen LogP contribution in [-0.4, -0.2) is 49.3 Å². The summed E-state index contributed by atoms with van der Waals surface area (Å²) in [6.45, 7) is 3.60. The minimum absolute atomic E-state index is 0.0517. The molecule has 49 heavy (non-hydrogen) atoms. The third-order valence-corrected chi connectivity index (χ3v) is 9.01. The van der Waals surface area contributed by atoms with Gasteiger partial charge in [0.25, 0.3) is 0 Å². The quantitative estimate of drug-likeness (QED) is 0.0281. The predicted octanol–water partition coefficient (Wildman–Crippen LogP) is 10.6. The topological polar surface area (TPSA) is 134 Å². The molecule has 0 fully saturated rings. The number of phosphoric ester groups is 1. The van der Waals surface area contributed by atoms with Crippen molar-refractivity contribution in [1.82, 2.24) is 0 Å². The van der Waals surface area contributed by atoms with E-state index in [1.807, 2.05) is 0 Å². The Kier molecular flexibility index (Phi) is 34.7. The molecule has 0 amide bonds. The summed E-state index contributed by atoms with van der Waals surface area (Å²) < 4.78 is 32.4. The van der Waals surface area contributed by atoms with Gasteiger partial charge in [-0.2, -0.15) is 0 Å². The minimum atomic E-state index is -4.36. The van der Waals surface area contributed by atoms with E-state index in [-0.39, 0.29) is 32.6 Å². The summed E-state index contributed by atoms with van der Waals surface area (Å²) >= 11 is 0. The normalized spacial score (nSPS) is 13.8. The Bertz CT molecular complexity index is 907. The fraction of sp³-hybridized carbons (Fsp3) is 0.795. The number of allylic oxidation sites excluding steroid dienone is 6. The van der Waals surface area contributed by atoms with Gasteiger partial charge in [0.15, 0.2) is 6.10 Å². The maximum atomic E-state index is 12.5. The van der Waals surface area contributed by atoms with Crippen LogP contribution in [0.4, 0.5) is 0 Å². The van der Waals surface area contributed by atoms with E-state index in [0.29, 0.717) is 6.42 Å². The number of nitrogens with two attached hydrogens (primary N) is 1. The van der Waals surface area contributed by atoms with Crippen molar-refractivity contribution in [1.29, 1.82) is 0 Å². The first-order valence-corrected chi connectivity index (χ1v) is 21.0. The van der Waals surface area contributed by atoms with Crippen LogP contribution in [0.1, 0.15) is 168 Å². The van der Waals surface area contributed by atoms with E-state index in [4.69, 9.17) is 24.3 Å². The van der Waals surface area contributed by atoms with E-state index < -0.39 is 32.5 Å². The second-order valence-corrected chi connectivity index (χ2v) is 14.3. The molecule has 3 N–H and O–H groups in total. The van der Waals surface area contributed by atoms with Crippen LogP contribution in [0.5, 0.6) is 0 Å². The highest BCUT2D eigenvalue weighted by atomic mass is 31.2. The standard InChI is InChI=1S/C39H72NO8P/c1-3-5-7-9-10-11-12-13-14-15-16-17-18-19-20-21-22-23-24-25-26-28-30-32-39(42)48-37(36-47-49(43,44)46-34-33-40)35-45-38(41)31-29-27-8-6-4-2/h12-13,15-16,18-19,37H,3-11,14,17,20-36,40H2,1-2H3,(H,43,44)/b13-12-,16-15-,19-18-. The summed E-state index contributed by atoms with van der Waals surface area (Å²) in [5.41, 5.74) is 5.31. The van der Waals surface area contributed by atoms with Crippen LogP contribution in [-0.2, 0) is 32.7 Å². The zero-order valence-electron chi connectivity index (χ0n) is 31.2. The van der Waals surface area contributed by atoms with Crippen molar-refractivity contribution in [2.75, 3.05) is 26.4 Å². The van der Waals surface area contributed by atoms with Gasteiger partial charge in [-0.05, 0) is 51.4 Å². The lowest BCUT2D eigenvalue weighted by Crippen LogP contribution is -2.29. The van der Waals surface area contributed by atoms with Crippen molar-refractivity contribution in [2.45, 2.75) is 174 Å². The molecule has 0 saturated carbocycles. The first-order valence-electron chi connectivity index (χ1n) is 19.5. The molecule has 9 nitrogen and oxygen atoms in total. The number of carbonyl (C=O) groups is 2. The zero-order chi connectivity index (χ0) is 36.1. The molecule has 10 heteroatoms. The molecule has 0 saturated heterocycles. The Morgan fingerprint density at radius 2 is 1.06 bits per heavy atom. The lowest BCUT2D eigenvalue weighted by Gasteiger charge is -2.19. The average Bonchev–Trinajstić information content (AvgIpc) is 3.08. The summed E-state index contributed by atoms with van der Waals surface area (Å²) in [6, 6.07) is 0. The Labute approximate surface area is 299 Å². The Morgan fingerprint density at radius 3 is 1.57 bits per heavy atom. The third-order valence-electron chi connectivity index (χ3n) is 8.03. The van der Waals surface area contributed by atoms with Crippen molar-refractivity contribution >= 4 is 19.8 Å². The van der Waals surface area contributed by atoms with Crippen molar-refractivity contribution in [3.63, 3.8) is 0 Å². The van der Waals surface area contributed by atoms with Gasteiger partial charge < -0.3 is 20.1 Å². The van der Waals surface area contributed by atoms with Crippen LogP contribution >= 0.6 is 7.82 Å². The summed E-state index contributed by atoms with van der Waals surface area (Å²) in [5, 5.41) is 0. The molecule has 0 aliphatic rings. The number of ether oxygens (including phenoxy) is 2. The van der Waals surface area contributed by atoms with Crippen LogP contribution < -0.4 is 5.73 Å². The molecular formula is C39H72NO8P. The maximum absolute atomic E-state index is 12.5. The van der Waals surface area contributed by atoms with Crippen molar-refractivity contribution in [2.24, 2.45) is 5.73 Å². The minimum Gasteiger partial charge on any atom is -0.462 e. The highest BCUT2D eigenvalue weighted by molar-refractivity contribution is 7.47. The number of hydrogen-bond donors (Lipinski definition) is 2. The van der Waals surface area contributed by atoms with E-state index in [1.54, 1.807) is 0 Å². The lowest BCUT2D eigenvalue weighted by atomic mass is 10.1. The number of carbonyl (C=O) groups excluding carboxylic acids is 2. The Balaban J connectivity index is 4.02. The smallest absolute Gasteiger partial charge is 0.462 e. The highest BCUT2D eigenvalue weighted by Gasteiger charge is 2.25. The van der Waals surface area contributed by atoms with Gasteiger partial charge in [-0.1, -0.05) is 140 Å². The fourth-order valence-electron chi connectivity index (χ4n) is 5.11. The Morgan fingerprint density at radius 1 is 0.612 bits per heavy atom. The molecule has 0 heterocycles. The van der Waals surface area contributed by atoms with Gasteiger partial charge in [-0.3, -0.25) is 18.6 Å². The molecule has 286 valence electrons. The molecule has 0 aromatic heterocycles. The van der Waals surface area contributed by atoms with Gasteiger partial charge >= 0.3 is 19.8 Å². The fourth-order valence-corrected chi connectivity index (χ4v) is 5.88. The summed E-state index contributed by atoms with van der Waals surface area (Å²) in [5.74, 6) is -0.852. The molecule has 2 atom stereocenters. The lowest BCUT2D eigenvalue weighted by molar-refractivity contribution is -0.161. The molecule has 0 aromatic rings. The first-order chi connectivity index (χ1) is 23.8. The van der Waals surface area contributed by atoms with Gasteiger partial charge in [-0.15, -0.1) is 0 Å². The molecule has 0 aliphatic heterocycles. The second-order valence-electron chi connectivity index (χ2n) is 12.8. The summed E-state index contributed by atoms with van der Waals surface area (Å²) in [6.07, 6.45) is 37.9. The number of rotatable bonds is 36. The predicted molar refractivity (Wildman–Crippen MR) is 201 cm³/mol. The van der Waals surface area contributed by atoms with Gasteiger partial charge in [0.2, 0.25) is 0 Å². The van der Waals surface area contributed by atoms with E-state index >= 15 is 0 Å². The highest BCUT2D eigenvalue weighted by Crippen LogP contribution is 2.43. The van der Waals surface area contributed by atoms with Crippen LogP contribution in [0.3, 0.4) is 0 Å². The van der Waals surface area contributed by atoms with E-state index in [2.05, 4.69) is 50.3 Å². The molecule has 0 bridgehead atoms.